The topological polar surface area (TPSA) is 38.0 Å². The van der Waals surface area contributed by atoms with Crippen molar-refractivity contribution in [3.8, 4) is 0 Å². The van der Waals surface area contributed by atoms with E-state index < -0.39 is 0 Å². The van der Waals surface area contributed by atoms with Crippen LogP contribution in [0, 0.1) is 22.7 Å². The van der Waals surface area contributed by atoms with Crippen LogP contribution < -0.4 is 11.1 Å². The van der Waals surface area contributed by atoms with Gasteiger partial charge in [0, 0.05) is 12.6 Å². The molecule has 0 amide bonds. The molecule has 1 saturated carbocycles. The summed E-state index contributed by atoms with van der Waals surface area (Å²) in [5.74, 6) is 1.36. The number of hydrogen-bond acceptors (Lipinski definition) is 2. The SMILES string of the molecule is CC(C)C(N)CNCC1C(C)(C)C1(C)C. The second-order valence-corrected chi connectivity index (χ2v) is 6.56. The summed E-state index contributed by atoms with van der Waals surface area (Å²) in [6.45, 7) is 15.9. The Balaban J connectivity index is 2.24. The van der Waals surface area contributed by atoms with Crippen LogP contribution in [0.2, 0.25) is 0 Å². The smallest absolute Gasteiger partial charge is 0.0188 e. The van der Waals surface area contributed by atoms with Gasteiger partial charge in [-0.25, -0.2) is 0 Å². The highest BCUT2D eigenvalue weighted by Gasteiger charge is 2.63. The molecule has 3 N–H and O–H groups in total. The monoisotopic (exact) mass is 212 g/mol. The molecule has 15 heavy (non-hydrogen) atoms. The van der Waals surface area contributed by atoms with Crippen LogP contribution in [0.25, 0.3) is 0 Å². The first-order chi connectivity index (χ1) is 6.71. The first-order valence-electron chi connectivity index (χ1n) is 6.17. The molecule has 1 aliphatic rings. The fourth-order valence-corrected chi connectivity index (χ4v) is 2.47. The highest BCUT2D eigenvalue weighted by Crippen LogP contribution is 2.67. The fourth-order valence-electron chi connectivity index (χ4n) is 2.47. The average Bonchev–Trinajstić information content (AvgIpc) is 2.46. The van der Waals surface area contributed by atoms with Gasteiger partial charge in [-0.3, -0.25) is 0 Å². The molecule has 2 heteroatoms. The van der Waals surface area contributed by atoms with E-state index in [1.54, 1.807) is 0 Å². The van der Waals surface area contributed by atoms with Gasteiger partial charge in [-0.05, 0) is 29.2 Å². The fraction of sp³-hybridized carbons (Fsp3) is 1.00. The third-order valence-electron chi connectivity index (χ3n) is 4.90. The normalized spacial score (nSPS) is 25.6. The van der Waals surface area contributed by atoms with Crippen molar-refractivity contribution in [3.63, 3.8) is 0 Å². The van der Waals surface area contributed by atoms with Crippen LogP contribution in [-0.4, -0.2) is 19.1 Å². The minimum atomic E-state index is 0.287. The summed E-state index contributed by atoms with van der Waals surface area (Å²) < 4.78 is 0. The van der Waals surface area contributed by atoms with E-state index in [0.717, 1.165) is 19.0 Å². The molecule has 0 aliphatic heterocycles. The maximum atomic E-state index is 6.00. The molecule has 2 nitrogen and oxygen atoms in total. The van der Waals surface area contributed by atoms with Gasteiger partial charge < -0.3 is 11.1 Å². The molecule has 0 aromatic heterocycles. The van der Waals surface area contributed by atoms with Crippen LogP contribution in [0.3, 0.4) is 0 Å². The number of nitrogens with one attached hydrogen (secondary N) is 1. The van der Waals surface area contributed by atoms with Crippen LogP contribution >= 0.6 is 0 Å². The van der Waals surface area contributed by atoms with E-state index >= 15 is 0 Å². The van der Waals surface area contributed by atoms with Gasteiger partial charge in [0.05, 0.1) is 0 Å². The van der Waals surface area contributed by atoms with Gasteiger partial charge in [0.1, 0.15) is 0 Å². The van der Waals surface area contributed by atoms with Gasteiger partial charge in [0.2, 0.25) is 0 Å². The molecule has 1 rings (SSSR count). The quantitative estimate of drug-likeness (QED) is 0.733. The lowest BCUT2D eigenvalue weighted by Gasteiger charge is -2.16. The van der Waals surface area contributed by atoms with Crippen molar-refractivity contribution in [2.75, 3.05) is 13.1 Å². The van der Waals surface area contributed by atoms with Crippen molar-refractivity contribution >= 4 is 0 Å². The molecular weight excluding hydrogens is 184 g/mol. The molecular formula is C13H28N2. The summed E-state index contributed by atoms with van der Waals surface area (Å²) in [5, 5.41) is 3.51. The third kappa shape index (κ3) is 2.36. The van der Waals surface area contributed by atoms with Gasteiger partial charge in [-0.2, -0.15) is 0 Å². The molecule has 1 unspecified atom stereocenters. The maximum Gasteiger partial charge on any atom is 0.0188 e. The lowest BCUT2D eigenvalue weighted by Crippen LogP contribution is -2.38. The zero-order valence-electron chi connectivity index (χ0n) is 11.2. The van der Waals surface area contributed by atoms with Crippen molar-refractivity contribution in [1.82, 2.24) is 5.32 Å². The number of hydrogen-bond donors (Lipinski definition) is 2. The summed E-state index contributed by atoms with van der Waals surface area (Å²) in [6, 6.07) is 0.287. The van der Waals surface area contributed by atoms with E-state index in [9.17, 15) is 0 Å². The van der Waals surface area contributed by atoms with Crippen molar-refractivity contribution < 1.29 is 0 Å². The van der Waals surface area contributed by atoms with Crippen molar-refractivity contribution in [3.05, 3.63) is 0 Å². The molecule has 1 fully saturated rings. The molecule has 90 valence electrons. The van der Waals surface area contributed by atoms with Crippen LogP contribution in [0.4, 0.5) is 0 Å². The number of nitrogens with two attached hydrogens (primary N) is 1. The average molecular weight is 212 g/mol. The van der Waals surface area contributed by atoms with Crippen molar-refractivity contribution in [2.45, 2.75) is 47.6 Å². The Labute approximate surface area is 95.0 Å². The Morgan fingerprint density at radius 3 is 1.93 bits per heavy atom. The maximum absolute atomic E-state index is 6.00. The van der Waals surface area contributed by atoms with Gasteiger partial charge in [-0.15, -0.1) is 0 Å². The number of rotatable bonds is 5. The minimum absolute atomic E-state index is 0.287. The zero-order chi connectivity index (χ0) is 11.9. The summed E-state index contributed by atoms with van der Waals surface area (Å²) in [6.07, 6.45) is 0. The minimum Gasteiger partial charge on any atom is -0.326 e. The van der Waals surface area contributed by atoms with Gasteiger partial charge in [0.15, 0.2) is 0 Å². The van der Waals surface area contributed by atoms with E-state index in [-0.39, 0.29) is 6.04 Å². The lowest BCUT2D eigenvalue weighted by atomic mass is 10.0. The molecule has 0 aromatic carbocycles. The molecule has 0 radical (unpaired) electrons. The molecule has 1 aliphatic carbocycles. The van der Waals surface area contributed by atoms with E-state index in [4.69, 9.17) is 5.73 Å². The summed E-state index contributed by atoms with van der Waals surface area (Å²) >= 11 is 0. The van der Waals surface area contributed by atoms with E-state index in [2.05, 4.69) is 46.9 Å². The summed E-state index contributed by atoms with van der Waals surface area (Å²) in [4.78, 5) is 0. The lowest BCUT2D eigenvalue weighted by molar-refractivity contribution is 0.439. The van der Waals surface area contributed by atoms with Gasteiger partial charge in [0.25, 0.3) is 0 Å². The largest absolute Gasteiger partial charge is 0.326 e. The van der Waals surface area contributed by atoms with Gasteiger partial charge >= 0.3 is 0 Å². The van der Waals surface area contributed by atoms with E-state index in [1.165, 1.54) is 0 Å². The first kappa shape index (κ1) is 13.0. The molecule has 0 aromatic rings. The summed E-state index contributed by atoms with van der Waals surface area (Å²) in [7, 11) is 0. The van der Waals surface area contributed by atoms with Crippen LogP contribution in [0.15, 0.2) is 0 Å². The van der Waals surface area contributed by atoms with Crippen LogP contribution in [0.5, 0.6) is 0 Å². The van der Waals surface area contributed by atoms with Gasteiger partial charge in [-0.1, -0.05) is 41.5 Å². The first-order valence-corrected chi connectivity index (χ1v) is 6.17. The predicted molar refractivity (Wildman–Crippen MR) is 66.7 cm³/mol. The third-order valence-corrected chi connectivity index (χ3v) is 4.90. The zero-order valence-corrected chi connectivity index (χ0v) is 11.2. The Bertz CT molecular complexity index is 205. The molecule has 0 saturated heterocycles. The predicted octanol–water partition coefficient (Wildman–Crippen LogP) is 2.24. The Morgan fingerprint density at radius 2 is 1.60 bits per heavy atom. The van der Waals surface area contributed by atoms with E-state index in [0.29, 0.717) is 16.7 Å². The highest BCUT2D eigenvalue weighted by atomic mass is 14.9. The molecule has 1 atom stereocenters. The van der Waals surface area contributed by atoms with Crippen molar-refractivity contribution in [1.29, 1.82) is 0 Å². The molecule has 0 bridgehead atoms. The molecule has 0 heterocycles. The Kier molecular flexibility index (Phi) is 3.52. The highest BCUT2D eigenvalue weighted by molar-refractivity contribution is 5.12. The van der Waals surface area contributed by atoms with Crippen LogP contribution in [-0.2, 0) is 0 Å². The van der Waals surface area contributed by atoms with Crippen molar-refractivity contribution in [2.24, 2.45) is 28.4 Å². The second kappa shape index (κ2) is 4.06. The standard InChI is InChI=1S/C13H28N2/c1-9(2)10(14)7-15-8-11-12(3,4)13(11,5)6/h9-11,15H,7-8,14H2,1-6H3. The summed E-state index contributed by atoms with van der Waals surface area (Å²) in [5.41, 5.74) is 6.97. The van der Waals surface area contributed by atoms with Crippen LogP contribution in [0.1, 0.15) is 41.5 Å². The van der Waals surface area contributed by atoms with E-state index in [1.807, 2.05) is 0 Å². The Hall–Kier alpha value is -0.0800. The second-order valence-electron chi connectivity index (χ2n) is 6.56. The Morgan fingerprint density at radius 1 is 1.13 bits per heavy atom. The molecule has 0 spiro atoms.